The maximum absolute atomic E-state index is 10.4. The molecule has 140 valence electrons. The lowest BCUT2D eigenvalue weighted by molar-refractivity contribution is 0.0145. The van der Waals surface area contributed by atoms with E-state index in [9.17, 15) is 15.3 Å². The van der Waals surface area contributed by atoms with Crippen LogP contribution in [0.4, 0.5) is 0 Å². The quantitative estimate of drug-likeness (QED) is 0.740. The highest BCUT2D eigenvalue weighted by molar-refractivity contribution is 5.33. The van der Waals surface area contributed by atoms with E-state index in [1.165, 1.54) is 0 Å². The van der Waals surface area contributed by atoms with Gasteiger partial charge < -0.3 is 20.1 Å². The molecule has 3 rings (SSSR count). The van der Waals surface area contributed by atoms with E-state index in [4.69, 9.17) is 4.74 Å². The van der Waals surface area contributed by atoms with Crippen LogP contribution >= 0.6 is 0 Å². The van der Waals surface area contributed by atoms with Crippen molar-refractivity contribution in [2.24, 2.45) is 5.92 Å². The van der Waals surface area contributed by atoms with Gasteiger partial charge in [0.25, 0.3) is 0 Å². The fraction of sp³-hybridized carbons (Fsp3) is 0.429. The Bertz CT molecular complexity index is 689. The summed E-state index contributed by atoms with van der Waals surface area (Å²) in [5.74, 6) is 1.70. The molecule has 26 heavy (non-hydrogen) atoms. The minimum atomic E-state index is -0.937. The van der Waals surface area contributed by atoms with Gasteiger partial charge >= 0.3 is 0 Å². The van der Waals surface area contributed by atoms with Gasteiger partial charge in [-0.05, 0) is 35.7 Å². The van der Waals surface area contributed by atoms with Crippen LogP contribution in [0.25, 0.3) is 0 Å². The zero-order valence-electron chi connectivity index (χ0n) is 15.2. The van der Waals surface area contributed by atoms with Gasteiger partial charge in [0.2, 0.25) is 0 Å². The van der Waals surface area contributed by atoms with Crippen molar-refractivity contribution < 1.29 is 20.1 Å². The molecule has 3 N–H and O–H groups in total. The number of aliphatic hydroxyl groups is 3. The van der Waals surface area contributed by atoms with E-state index in [2.05, 4.69) is 0 Å². The molecule has 5 nitrogen and oxygen atoms in total. The van der Waals surface area contributed by atoms with Crippen LogP contribution in [0.15, 0.2) is 54.6 Å². The van der Waals surface area contributed by atoms with Crippen LogP contribution in [-0.2, 0) is 6.54 Å². The van der Waals surface area contributed by atoms with Crippen molar-refractivity contribution >= 4 is 0 Å². The first kappa shape index (κ1) is 18.9. The number of aliphatic hydroxyl groups excluding tert-OH is 3. The van der Waals surface area contributed by atoms with Crippen LogP contribution in [0.3, 0.4) is 0 Å². The highest BCUT2D eigenvalue weighted by Gasteiger charge is 2.48. The average Bonchev–Trinajstić information content (AvgIpc) is 2.87. The molecule has 0 aromatic heterocycles. The van der Waals surface area contributed by atoms with Gasteiger partial charge in [-0.1, -0.05) is 44.2 Å². The third kappa shape index (κ3) is 3.91. The summed E-state index contributed by atoms with van der Waals surface area (Å²) in [7, 11) is 0. The van der Waals surface area contributed by atoms with Gasteiger partial charge in [-0.15, -0.1) is 0 Å². The van der Waals surface area contributed by atoms with Crippen LogP contribution in [0.5, 0.6) is 11.5 Å². The second-order valence-corrected chi connectivity index (χ2v) is 7.20. The molecule has 5 heteroatoms. The number of para-hydroxylation sites is 1. The number of rotatable bonds is 6. The largest absolute Gasteiger partial charge is 0.457 e. The van der Waals surface area contributed by atoms with Crippen molar-refractivity contribution in [2.45, 2.75) is 44.7 Å². The molecule has 1 aliphatic rings. The fourth-order valence-corrected chi connectivity index (χ4v) is 3.75. The maximum Gasteiger partial charge on any atom is 0.127 e. The molecule has 1 heterocycles. The number of hydrogen-bond acceptors (Lipinski definition) is 5. The van der Waals surface area contributed by atoms with Crippen molar-refractivity contribution in [2.75, 3.05) is 6.61 Å². The lowest BCUT2D eigenvalue weighted by atomic mass is 9.98. The number of nitrogens with zero attached hydrogens (tertiary/aromatic N) is 1. The van der Waals surface area contributed by atoms with Gasteiger partial charge in [0, 0.05) is 12.6 Å². The molecular formula is C21H27NO4. The van der Waals surface area contributed by atoms with E-state index < -0.39 is 18.2 Å². The highest BCUT2D eigenvalue weighted by Crippen LogP contribution is 2.32. The fourth-order valence-electron chi connectivity index (χ4n) is 3.75. The second kappa shape index (κ2) is 8.18. The molecular weight excluding hydrogens is 330 g/mol. The molecule has 0 spiro atoms. The summed E-state index contributed by atoms with van der Waals surface area (Å²) in [4.78, 5) is 2.01. The number of hydrogen-bond donors (Lipinski definition) is 3. The van der Waals surface area contributed by atoms with Crippen LogP contribution in [0.2, 0.25) is 0 Å². The van der Waals surface area contributed by atoms with Gasteiger partial charge in [-0.25, -0.2) is 0 Å². The van der Waals surface area contributed by atoms with Gasteiger partial charge in [-0.2, -0.15) is 0 Å². The molecule has 2 aromatic rings. The van der Waals surface area contributed by atoms with Crippen LogP contribution < -0.4 is 4.74 Å². The average molecular weight is 357 g/mol. The standard InChI is InChI=1S/C21H27NO4/c1-14(2)19-21(25)20(24)18(13-23)22(19)12-15-8-10-17(11-9-15)26-16-6-4-3-5-7-16/h3-11,14,18-21,23-25H,12-13H2,1-2H3/t18-,19+,20-,21+/m1/s1. The van der Waals surface area contributed by atoms with Crippen molar-refractivity contribution in [1.29, 1.82) is 0 Å². The molecule has 1 aliphatic heterocycles. The Kier molecular flexibility index (Phi) is 5.94. The molecule has 1 saturated heterocycles. The van der Waals surface area contributed by atoms with E-state index in [-0.39, 0.29) is 18.6 Å². The summed E-state index contributed by atoms with van der Waals surface area (Å²) in [6.45, 7) is 4.40. The summed E-state index contributed by atoms with van der Waals surface area (Å²) >= 11 is 0. The number of benzene rings is 2. The lowest BCUT2D eigenvalue weighted by Crippen LogP contribution is -2.43. The molecule has 2 aromatic carbocycles. The van der Waals surface area contributed by atoms with Crippen LogP contribution in [0.1, 0.15) is 19.4 Å². The zero-order valence-corrected chi connectivity index (χ0v) is 15.2. The Morgan fingerprint density at radius 3 is 2.12 bits per heavy atom. The predicted octanol–water partition coefficient (Wildman–Crippen LogP) is 2.40. The van der Waals surface area contributed by atoms with Gasteiger partial charge in [0.15, 0.2) is 0 Å². The van der Waals surface area contributed by atoms with Crippen molar-refractivity contribution in [3.8, 4) is 11.5 Å². The maximum atomic E-state index is 10.4. The van der Waals surface area contributed by atoms with E-state index in [0.29, 0.717) is 6.54 Å². The van der Waals surface area contributed by atoms with Crippen LogP contribution in [0, 0.1) is 5.92 Å². The normalized spacial score (nSPS) is 26.4. The molecule has 0 unspecified atom stereocenters. The molecule has 0 saturated carbocycles. The second-order valence-electron chi connectivity index (χ2n) is 7.20. The van der Waals surface area contributed by atoms with Gasteiger partial charge in [0.1, 0.15) is 11.5 Å². The first-order valence-corrected chi connectivity index (χ1v) is 9.06. The summed E-state index contributed by atoms with van der Waals surface area (Å²) in [5.41, 5.74) is 1.04. The summed E-state index contributed by atoms with van der Waals surface area (Å²) in [6.07, 6.45) is -1.79. The number of ether oxygens (including phenoxy) is 1. The predicted molar refractivity (Wildman–Crippen MR) is 100 cm³/mol. The minimum Gasteiger partial charge on any atom is -0.457 e. The zero-order chi connectivity index (χ0) is 18.7. The summed E-state index contributed by atoms with van der Waals surface area (Å²) in [6, 6.07) is 16.7. The highest BCUT2D eigenvalue weighted by atomic mass is 16.5. The molecule has 0 amide bonds. The topological polar surface area (TPSA) is 73.2 Å². The Labute approximate surface area is 154 Å². The third-order valence-electron chi connectivity index (χ3n) is 5.04. The first-order valence-electron chi connectivity index (χ1n) is 9.06. The molecule has 4 atom stereocenters. The first-order chi connectivity index (χ1) is 12.5. The van der Waals surface area contributed by atoms with E-state index in [0.717, 1.165) is 17.1 Å². The van der Waals surface area contributed by atoms with E-state index in [1.807, 2.05) is 73.3 Å². The molecule has 0 aliphatic carbocycles. The third-order valence-corrected chi connectivity index (χ3v) is 5.04. The molecule has 1 fully saturated rings. The Morgan fingerprint density at radius 1 is 0.923 bits per heavy atom. The molecule has 0 radical (unpaired) electrons. The van der Waals surface area contributed by atoms with E-state index >= 15 is 0 Å². The summed E-state index contributed by atoms with van der Waals surface area (Å²) < 4.78 is 5.81. The van der Waals surface area contributed by atoms with Crippen molar-refractivity contribution in [1.82, 2.24) is 4.90 Å². The minimum absolute atomic E-state index is 0.164. The van der Waals surface area contributed by atoms with Gasteiger partial charge in [0.05, 0.1) is 24.9 Å². The SMILES string of the molecule is CC(C)[C@H]1[C@H](O)[C@H](O)[C@@H](CO)N1Cc1ccc(Oc2ccccc2)cc1. The lowest BCUT2D eigenvalue weighted by Gasteiger charge is -2.32. The number of likely N-dealkylation sites (tertiary alicyclic amines) is 1. The van der Waals surface area contributed by atoms with E-state index in [1.54, 1.807) is 0 Å². The molecule has 0 bridgehead atoms. The van der Waals surface area contributed by atoms with Gasteiger partial charge in [-0.3, -0.25) is 4.90 Å². The Balaban J connectivity index is 1.73. The van der Waals surface area contributed by atoms with Crippen molar-refractivity contribution in [3.05, 3.63) is 60.2 Å². The summed E-state index contributed by atoms with van der Waals surface area (Å²) in [5, 5.41) is 30.3. The van der Waals surface area contributed by atoms with Crippen LogP contribution in [-0.4, -0.2) is 51.1 Å². The van der Waals surface area contributed by atoms with Crippen molar-refractivity contribution in [3.63, 3.8) is 0 Å². The monoisotopic (exact) mass is 357 g/mol. The Hall–Kier alpha value is -1.92. The smallest absolute Gasteiger partial charge is 0.127 e. The Morgan fingerprint density at radius 2 is 1.54 bits per heavy atom.